The highest BCUT2D eigenvalue weighted by molar-refractivity contribution is 7.93. The van der Waals surface area contributed by atoms with E-state index in [1.807, 2.05) is 27.1 Å². The average molecular weight is 230 g/mol. The van der Waals surface area contributed by atoms with Crippen LogP contribution in [0.2, 0.25) is 0 Å². The second-order valence-corrected chi connectivity index (χ2v) is 5.84. The fourth-order valence-corrected chi connectivity index (χ4v) is 2.73. The van der Waals surface area contributed by atoms with Crippen molar-refractivity contribution in [2.75, 3.05) is 20.6 Å². The molecule has 0 radical (unpaired) electrons. The third kappa shape index (κ3) is 3.44. The Morgan fingerprint density at radius 3 is 2.47 bits per heavy atom. The Morgan fingerprint density at radius 1 is 1.47 bits per heavy atom. The maximum absolute atomic E-state index is 11.2. The van der Waals surface area contributed by atoms with E-state index >= 15 is 0 Å². The molecule has 0 aromatic heterocycles. The molecule has 0 saturated heterocycles. The summed E-state index contributed by atoms with van der Waals surface area (Å²) in [6.45, 7) is 2.75. The first-order valence-corrected chi connectivity index (χ1v) is 6.42. The van der Waals surface area contributed by atoms with E-state index in [0.717, 1.165) is 13.0 Å². The molecule has 86 valence electrons. The summed E-state index contributed by atoms with van der Waals surface area (Å²) in [5.41, 5.74) is 1.24. The van der Waals surface area contributed by atoms with Crippen molar-refractivity contribution in [3.8, 4) is 0 Å². The minimum Gasteiger partial charge on any atom is -0.305 e. The molecule has 1 unspecified atom stereocenters. The number of sulfonamides is 1. The second kappa shape index (κ2) is 4.47. The molecule has 1 aliphatic carbocycles. The maximum atomic E-state index is 11.2. The lowest BCUT2D eigenvalue weighted by Gasteiger charge is -2.22. The Hall–Kier alpha value is -0.650. The van der Waals surface area contributed by atoms with Crippen LogP contribution in [0.15, 0.2) is 22.6 Å². The van der Waals surface area contributed by atoms with Gasteiger partial charge in [0.15, 0.2) is 0 Å². The van der Waals surface area contributed by atoms with Gasteiger partial charge in [-0.05, 0) is 32.5 Å². The normalized spacial score (nSPS) is 22.6. The summed E-state index contributed by atoms with van der Waals surface area (Å²) in [6, 6.07) is 0. The van der Waals surface area contributed by atoms with E-state index in [4.69, 9.17) is 5.14 Å². The van der Waals surface area contributed by atoms with Crippen LogP contribution in [0.3, 0.4) is 0 Å². The molecule has 0 aromatic carbocycles. The third-order valence-electron chi connectivity index (χ3n) is 2.39. The van der Waals surface area contributed by atoms with Crippen molar-refractivity contribution in [1.82, 2.24) is 4.90 Å². The largest absolute Gasteiger partial charge is 0.305 e. The number of rotatable bonds is 3. The number of primary sulfonamides is 1. The predicted molar refractivity (Wildman–Crippen MR) is 61.6 cm³/mol. The summed E-state index contributed by atoms with van der Waals surface area (Å²) in [5, 5.41) is 5.11. The smallest absolute Gasteiger partial charge is 0.234 e. The number of hydrogen-bond donors (Lipinski definition) is 1. The van der Waals surface area contributed by atoms with Gasteiger partial charge in [0.05, 0.1) is 4.91 Å². The van der Waals surface area contributed by atoms with Crippen molar-refractivity contribution in [1.29, 1.82) is 0 Å². The SMILES string of the molecule is CC1CC(CN(C)C)=CC=C1S(N)(=O)=O. The van der Waals surface area contributed by atoms with E-state index in [2.05, 4.69) is 4.90 Å². The fourth-order valence-electron chi connectivity index (χ4n) is 1.82. The van der Waals surface area contributed by atoms with Gasteiger partial charge in [0.25, 0.3) is 0 Å². The summed E-state index contributed by atoms with van der Waals surface area (Å²) in [6.07, 6.45) is 4.25. The Bertz CT molecular complexity index is 394. The van der Waals surface area contributed by atoms with Crippen molar-refractivity contribution in [3.05, 3.63) is 22.6 Å². The lowest BCUT2D eigenvalue weighted by molar-refractivity contribution is 0.432. The topological polar surface area (TPSA) is 63.4 Å². The van der Waals surface area contributed by atoms with Crippen molar-refractivity contribution < 1.29 is 8.42 Å². The first kappa shape index (κ1) is 12.4. The van der Waals surface area contributed by atoms with Crippen LogP contribution >= 0.6 is 0 Å². The maximum Gasteiger partial charge on any atom is 0.234 e. The average Bonchev–Trinajstić information content (AvgIpc) is 1.99. The monoisotopic (exact) mass is 230 g/mol. The molecule has 15 heavy (non-hydrogen) atoms. The van der Waals surface area contributed by atoms with Crippen LogP contribution < -0.4 is 5.14 Å². The summed E-state index contributed by atoms with van der Waals surface area (Å²) in [4.78, 5) is 2.40. The molecular weight excluding hydrogens is 212 g/mol. The van der Waals surface area contributed by atoms with E-state index in [-0.39, 0.29) is 5.92 Å². The van der Waals surface area contributed by atoms with Crippen LogP contribution in [-0.4, -0.2) is 34.0 Å². The first-order chi connectivity index (χ1) is 6.80. The van der Waals surface area contributed by atoms with Gasteiger partial charge >= 0.3 is 0 Å². The molecule has 1 rings (SSSR count). The molecule has 0 saturated carbocycles. The summed E-state index contributed by atoms with van der Waals surface area (Å²) in [5.74, 6) is -0.0139. The summed E-state index contributed by atoms with van der Waals surface area (Å²) < 4.78 is 22.4. The van der Waals surface area contributed by atoms with Crippen LogP contribution in [0, 0.1) is 5.92 Å². The molecule has 0 aliphatic heterocycles. The van der Waals surface area contributed by atoms with Crippen LogP contribution in [0.4, 0.5) is 0 Å². The molecule has 1 atom stereocenters. The molecule has 2 N–H and O–H groups in total. The van der Waals surface area contributed by atoms with Crippen LogP contribution in [0.1, 0.15) is 13.3 Å². The molecule has 0 aromatic rings. The minimum absolute atomic E-state index is 0.0139. The summed E-state index contributed by atoms with van der Waals surface area (Å²) >= 11 is 0. The highest BCUT2D eigenvalue weighted by Crippen LogP contribution is 2.27. The molecule has 5 heteroatoms. The molecule has 0 fully saturated rings. The molecule has 0 amide bonds. The van der Waals surface area contributed by atoms with Crippen molar-refractivity contribution in [2.24, 2.45) is 11.1 Å². The van der Waals surface area contributed by atoms with Gasteiger partial charge in [-0.15, -0.1) is 0 Å². The number of likely N-dealkylation sites (N-methyl/N-ethyl adjacent to an activating group) is 1. The van der Waals surface area contributed by atoms with Gasteiger partial charge in [-0.1, -0.05) is 18.6 Å². The van der Waals surface area contributed by atoms with Gasteiger partial charge in [-0.2, -0.15) is 0 Å². The Balaban J connectivity index is 2.89. The van der Waals surface area contributed by atoms with Crippen LogP contribution in [0.5, 0.6) is 0 Å². The molecule has 4 nitrogen and oxygen atoms in total. The fraction of sp³-hybridized carbons (Fsp3) is 0.600. The first-order valence-electron chi connectivity index (χ1n) is 4.88. The van der Waals surface area contributed by atoms with E-state index < -0.39 is 10.0 Å². The number of nitrogens with two attached hydrogens (primary N) is 1. The lowest BCUT2D eigenvalue weighted by atomic mass is 9.95. The standard InChI is InChI=1S/C10H18N2O2S/c1-8-6-9(7-12(2)3)4-5-10(8)15(11,13)14/h4-5,8H,6-7H2,1-3H3,(H2,11,13,14). The third-order valence-corrected chi connectivity index (χ3v) is 3.58. The minimum atomic E-state index is -3.52. The van der Waals surface area contributed by atoms with Crippen molar-refractivity contribution >= 4 is 10.0 Å². The highest BCUT2D eigenvalue weighted by Gasteiger charge is 2.22. The molecule has 1 aliphatic rings. The van der Waals surface area contributed by atoms with Gasteiger partial charge < -0.3 is 4.90 Å². The Labute approximate surface area is 91.5 Å². The zero-order chi connectivity index (χ0) is 11.6. The van der Waals surface area contributed by atoms with Crippen molar-refractivity contribution in [3.63, 3.8) is 0 Å². The zero-order valence-corrected chi connectivity index (χ0v) is 10.2. The van der Waals surface area contributed by atoms with Crippen LogP contribution in [0.25, 0.3) is 0 Å². The Kier molecular flexibility index (Phi) is 3.70. The van der Waals surface area contributed by atoms with E-state index in [1.165, 1.54) is 5.57 Å². The van der Waals surface area contributed by atoms with Gasteiger partial charge in [0, 0.05) is 6.54 Å². The zero-order valence-electron chi connectivity index (χ0n) is 9.40. The number of nitrogens with zero attached hydrogens (tertiary/aromatic N) is 1. The molecule has 0 spiro atoms. The van der Waals surface area contributed by atoms with E-state index in [1.54, 1.807) is 6.08 Å². The van der Waals surface area contributed by atoms with E-state index in [9.17, 15) is 8.42 Å². The van der Waals surface area contributed by atoms with Crippen LogP contribution in [-0.2, 0) is 10.0 Å². The number of hydrogen-bond acceptors (Lipinski definition) is 3. The number of allylic oxidation sites excluding steroid dienone is 3. The van der Waals surface area contributed by atoms with E-state index in [0.29, 0.717) is 4.91 Å². The quantitative estimate of drug-likeness (QED) is 0.775. The Morgan fingerprint density at radius 2 is 2.07 bits per heavy atom. The lowest BCUT2D eigenvalue weighted by Crippen LogP contribution is -2.24. The highest BCUT2D eigenvalue weighted by atomic mass is 32.2. The second-order valence-electron chi connectivity index (χ2n) is 4.28. The predicted octanol–water partition coefficient (Wildman–Crippen LogP) is 0.687. The molecule has 0 heterocycles. The summed E-state index contributed by atoms with van der Waals surface area (Å²) in [7, 11) is 0.457. The van der Waals surface area contributed by atoms with Gasteiger partial charge in [-0.3, -0.25) is 0 Å². The van der Waals surface area contributed by atoms with Gasteiger partial charge in [0.1, 0.15) is 0 Å². The molecule has 0 bridgehead atoms. The van der Waals surface area contributed by atoms with Gasteiger partial charge in [-0.25, -0.2) is 13.6 Å². The van der Waals surface area contributed by atoms with Crippen molar-refractivity contribution in [2.45, 2.75) is 13.3 Å². The molecular formula is C10H18N2O2S. The van der Waals surface area contributed by atoms with Gasteiger partial charge in [0.2, 0.25) is 10.0 Å².